The van der Waals surface area contributed by atoms with Gasteiger partial charge in [-0.25, -0.2) is 0 Å². The number of carbonyl (C=O) groups is 3. The van der Waals surface area contributed by atoms with Gasteiger partial charge in [0, 0.05) is 18.2 Å². The van der Waals surface area contributed by atoms with Gasteiger partial charge in [0.05, 0.1) is 5.25 Å². The van der Waals surface area contributed by atoms with Crippen LogP contribution in [0.15, 0.2) is 0 Å². The van der Waals surface area contributed by atoms with Gasteiger partial charge in [0.1, 0.15) is 12.3 Å². The summed E-state index contributed by atoms with van der Waals surface area (Å²) < 4.78 is 0. The molecule has 1 rings (SSSR count). The van der Waals surface area contributed by atoms with E-state index >= 15 is 0 Å². The zero-order chi connectivity index (χ0) is 13.0. The van der Waals surface area contributed by atoms with Crippen molar-refractivity contribution in [2.24, 2.45) is 5.73 Å². The van der Waals surface area contributed by atoms with Crippen molar-refractivity contribution >= 4 is 29.9 Å². The van der Waals surface area contributed by atoms with E-state index in [0.717, 1.165) is 11.3 Å². The van der Waals surface area contributed by atoms with Gasteiger partial charge >= 0.3 is 0 Å². The summed E-state index contributed by atoms with van der Waals surface area (Å²) in [4.78, 5) is 35.5. The zero-order valence-electron chi connectivity index (χ0n) is 10.1. The SMILES string of the molecule is CCC(C)S[C@@H]1CC(=O)N(C(C=O)CN)C1=O. The molecule has 1 heterocycles. The quantitative estimate of drug-likeness (QED) is 0.542. The number of nitrogens with two attached hydrogens (primary N) is 1. The van der Waals surface area contributed by atoms with Crippen LogP contribution in [0.2, 0.25) is 0 Å². The van der Waals surface area contributed by atoms with Crippen LogP contribution in [0.1, 0.15) is 26.7 Å². The average Bonchev–Trinajstić information content (AvgIpc) is 2.58. The number of thioether (sulfide) groups is 1. The number of amides is 2. The Labute approximate surface area is 105 Å². The Bertz CT molecular complexity index is 322. The lowest BCUT2D eigenvalue weighted by Gasteiger charge is -2.20. The molecule has 2 amide bonds. The minimum absolute atomic E-state index is 0.0122. The number of imide groups is 1. The summed E-state index contributed by atoms with van der Waals surface area (Å²) in [5.41, 5.74) is 5.38. The van der Waals surface area contributed by atoms with E-state index in [4.69, 9.17) is 5.73 Å². The van der Waals surface area contributed by atoms with Gasteiger partial charge < -0.3 is 10.5 Å². The maximum atomic E-state index is 12.0. The number of hydrogen-bond acceptors (Lipinski definition) is 5. The number of hydrogen-bond donors (Lipinski definition) is 1. The number of likely N-dealkylation sites (tertiary alicyclic amines) is 1. The Morgan fingerprint density at radius 3 is 2.71 bits per heavy atom. The molecule has 0 radical (unpaired) electrons. The number of aldehydes is 1. The van der Waals surface area contributed by atoms with Gasteiger partial charge in [-0.05, 0) is 6.42 Å². The first-order valence-electron chi connectivity index (χ1n) is 5.71. The fourth-order valence-electron chi connectivity index (χ4n) is 1.68. The smallest absolute Gasteiger partial charge is 0.243 e. The van der Waals surface area contributed by atoms with Crippen molar-refractivity contribution in [3.05, 3.63) is 0 Å². The van der Waals surface area contributed by atoms with Crippen LogP contribution in [0.4, 0.5) is 0 Å². The second-order valence-corrected chi connectivity index (χ2v) is 5.73. The van der Waals surface area contributed by atoms with E-state index < -0.39 is 6.04 Å². The van der Waals surface area contributed by atoms with Crippen molar-refractivity contribution in [1.82, 2.24) is 4.90 Å². The molecular weight excluding hydrogens is 240 g/mol. The van der Waals surface area contributed by atoms with Gasteiger partial charge in [-0.1, -0.05) is 13.8 Å². The minimum Gasteiger partial charge on any atom is -0.328 e. The molecule has 0 saturated carbocycles. The first-order valence-corrected chi connectivity index (χ1v) is 6.66. The Balaban J connectivity index is 2.74. The molecule has 6 heteroatoms. The maximum Gasteiger partial charge on any atom is 0.243 e. The van der Waals surface area contributed by atoms with E-state index in [2.05, 4.69) is 0 Å². The second kappa shape index (κ2) is 6.16. The van der Waals surface area contributed by atoms with Crippen LogP contribution in [-0.4, -0.2) is 46.1 Å². The van der Waals surface area contributed by atoms with Crippen LogP contribution in [-0.2, 0) is 14.4 Å². The van der Waals surface area contributed by atoms with Crippen LogP contribution in [0.3, 0.4) is 0 Å². The molecule has 96 valence electrons. The van der Waals surface area contributed by atoms with E-state index in [1.54, 1.807) is 0 Å². The van der Waals surface area contributed by atoms with E-state index in [1.165, 1.54) is 11.8 Å². The Hall–Kier alpha value is -0.880. The molecule has 0 aromatic heterocycles. The highest BCUT2D eigenvalue weighted by Crippen LogP contribution is 2.30. The molecule has 2 unspecified atom stereocenters. The molecule has 0 bridgehead atoms. The molecule has 0 spiro atoms. The lowest BCUT2D eigenvalue weighted by Crippen LogP contribution is -2.46. The standard InChI is InChI=1S/C11H18N2O3S/c1-3-7(2)17-9-4-10(15)13(11(9)16)8(5-12)6-14/h6-9H,3-5,12H2,1-2H3/t7?,8?,9-/m1/s1. The lowest BCUT2D eigenvalue weighted by atomic mass is 10.3. The summed E-state index contributed by atoms with van der Waals surface area (Å²) in [6, 6.07) is -0.808. The zero-order valence-corrected chi connectivity index (χ0v) is 10.9. The van der Waals surface area contributed by atoms with Crippen molar-refractivity contribution in [3.63, 3.8) is 0 Å². The van der Waals surface area contributed by atoms with Crippen molar-refractivity contribution in [2.75, 3.05) is 6.54 Å². The molecule has 1 aliphatic rings. The van der Waals surface area contributed by atoms with Crippen molar-refractivity contribution in [3.8, 4) is 0 Å². The van der Waals surface area contributed by atoms with Gasteiger partial charge in [0.15, 0.2) is 0 Å². The summed E-state index contributed by atoms with van der Waals surface area (Å²) in [5, 5.41) is -0.0318. The van der Waals surface area contributed by atoms with Crippen LogP contribution in [0.5, 0.6) is 0 Å². The first kappa shape index (κ1) is 14.2. The molecule has 2 N–H and O–H groups in total. The van der Waals surface area contributed by atoms with E-state index in [0.29, 0.717) is 11.5 Å². The van der Waals surface area contributed by atoms with Crippen LogP contribution >= 0.6 is 11.8 Å². The Morgan fingerprint density at radius 1 is 1.59 bits per heavy atom. The molecule has 1 fully saturated rings. The van der Waals surface area contributed by atoms with Crippen LogP contribution in [0.25, 0.3) is 0 Å². The van der Waals surface area contributed by atoms with Crippen molar-refractivity contribution in [2.45, 2.75) is 43.2 Å². The number of rotatable bonds is 6. The summed E-state index contributed by atoms with van der Waals surface area (Å²) >= 11 is 1.49. The molecule has 0 aliphatic carbocycles. The third-order valence-electron chi connectivity index (χ3n) is 2.84. The predicted molar refractivity (Wildman–Crippen MR) is 66.5 cm³/mol. The van der Waals surface area contributed by atoms with E-state index in [1.807, 2.05) is 13.8 Å². The third-order valence-corrected chi connectivity index (χ3v) is 4.34. The average molecular weight is 258 g/mol. The highest BCUT2D eigenvalue weighted by atomic mass is 32.2. The lowest BCUT2D eigenvalue weighted by molar-refractivity contribution is -0.143. The molecule has 0 aromatic carbocycles. The van der Waals surface area contributed by atoms with Gasteiger partial charge in [0.2, 0.25) is 11.8 Å². The monoisotopic (exact) mass is 258 g/mol. The van der Waals surface area contributed by atoms with Crippen molar-refractivity contribution in [1.29, 1.82) is 0 Å². The molecule has 17 heavy (non-hydrogen) atoms. The predicted octanol–water partition coefficient (Wildman–Crippen LogP) is 0.172. The number of nitrogens with zero attached hydrogens (tertiary/aromatic N) is 1. The Kier molecular flexibility index (Phi) is 5.14. The van der Waals surface area contributed by atoms with Gasteiger partial charge in [-0.2, -0.15) is 0 Å². The summed E-state index contributed by atoms with van der Waals surface area (Å²) in [6.45, 7) is 4.04. The van der Waals surface area contributed by atoms with E-state index in [-0.39, 0.29) is 30.0 Å². The largest absolute Gasteiger partial charge is 0.328 e. The molecular formula is C11H18N2O3S. The molecule has 3 atom stereocenters. The van der Waals surface area contributed by atoms with Crippen LogP contribution in [0, 0.1) is 0 Å². The molecule has 1 saturated heterocycles. The first-order chi connectivity index (χ1) is 8.04. The maximum absolute atomic E-state index is 12.0. The minimum atomic E-state index is -0.808. The summed E-state index contributed by atoms with van der Waals surface area (Å²) in [7, 11) is 0. The molecule has 5 nitrogen and oxygen atoms in total. The summed E-state index contributed by atoms with van der Waals surface area (Å²) in [6.07, 6.45) is 1.68. The highest BCUT2D eigenvalue weighted by molar-refractivity contribution is 8.01. The molecule has 0 aromatic rings. The number of carbonyl (C=O) groups excluding carboxylic acids is 3. The van der Waals surface area contributed by atoms with Crippen molar-refractivity contribution < 1.29 is 14.4 Å². The van der Waals surface area contributed by atoms with E-state index in [9.17, 15) is 14.4 Å². The van der Waals surface area contributed by atoms with Gasteiger partial charge in [-0.3, -0.25) is 14.5 Å². The summed E-state index contributed by atoms with van der Waals surface area (Å²) in [5.74, 6) is -0.568. The topological polar surface area (TPSA) is 80.5 Å². The highest BCUT2D eigenvalue weighted by Gasteiger charge is 2.42. The van der Waals surface area contributed by atoms with Gasteiger partial charge in [-0.15, -0.1) is 11.8 Å². The Morgan fingerprint density at radius 2 is 2.24 bits per heavy atom. The molecule has 1 aliphatic heterocycles. The van der Waals surface area contributed by atoms with Gasteiger partial charge in [0.25, 0.3) is 0 Å². The van der Waals surface area contributed by atoms with Crippen LogP contribution < -0.4 is 5.73 Å². The second-order valence-electron chi connectivity index (χ2n) is 4.09. The normalized spacial score (nSPS) is 23.9. The third kappa shape index (κ3) is 3.07. The fourth-order valence-corrected chi connectivity index (χ4v) is 2.90. The fraction of sp³-hybridized carbons (Fsp3) is 0.727.